The molecule has 0 aliphatic heterocycles. The van der Waals surface area contributed by atoms with Crippen LogP contribution in [0.25, 0.3) is 17.0 Å². The average Bonchev–Trinajstić information content (AvgIpc) is 2.30. The Morgan fingerprint density at radius 3 is 3.00 bits per heavy atom. The minimum atomic E-state index is 0.0196. The summed E-state index contributed by atoms with van der Waals surface area (Å²) in [5, 5.41) is 9.34. The van der Waals surface area contributed by atoms with E-state index in [0.29, 0.717) is 11.8 Å². The minimum Gasteiger partial charge on any atom is -0.396 e. The predicted octanol–water partition coefficient (Wildman–Crippen LogP) is 1.92. The fourth-order valence-electron chi connectivity index (χ4n) is 1.59. The first kappa shape index (κ1) is 10.6. The second-order valence-electron chi connectivity index (χ2n) is 3.56. The van der Waals surface area contributed by atoms with Gasteiger partial charge in [0.25, 0.3) is 0 Å². The number of hydrogen-bond donors (Lipinski definition) is 2. The van der Waals surface area contributed by atoms with Gasteiger partial charge in [0, 0.05) is 29.8 Å². The number of benzene rings is 1. The Morgan fingerprint density at radius 2 is 2.19 bits per heavy atom. The highest BCUT2D eigenvalue weighted by atomic mass is 16.2. The number of pyridine rings is 1. The summed E-state index contributed by atoms with van der Waals surface area (Å²) in [4.78, 5) is 14.6. The summed E-state index contributed by atoms with van der Waals surface area (Å²) in [5.74, 6) is 0. The van der Waals surface area contributed by atoms with E-state index in [1.54, 1.807) is 6.20 Å². The standard InChI is InChI=1S/C13H13NO2/c15-8-2-1-3-10-4-5-12-11(9-10)13(16)6-7-14-12/h1,3-7,9,15H,2,8H2,(H,14,16). The molecule has 3 nitrogen and oxygen atoms in total. The summed E-state index contributed by atoms with van der Waals surface area (Å²) in [7, 11) is 0. The maximum Gasteiger partial charge on any atom is 0.189 e. The second-order valence-corrected chi connectivity index (χ2v) is 3.56. The zero-order valence-electron chi connectivity index (χ0n) is 8.81. The predicted molar refractivity (Wildman–Crippen MR) is 65.3 cm³/mol. The van der Waals surface area contributed by atoms with Crippen LogP contribution in [0.1, 0.15) is 12.0 Å². The average molecular weight is 215 g/mol. The van der Waals surface area contributed by atoms with Gasteiger partial charge in [-0.15, -0.1) is 0 Å². The fourth-order valence-corrected chi connectivity index (χ4v) is 1.59. The molecule has 3 heteroatoms. The first-order valence-corrected chi connectivity index (χ1v) is 5.20. The molecule has 0 aliphatic rings. The Bertz CT molecular complexity index is 569. The Morgan fingerprint density at radius 1 is 1.31 bits per heavy atom. The fraction of sp³-hybridized carbons (Fsp3) is 0.154. The van der Waals surface area contributed by atoms with Crippen LogP contribution < -0.4 is 5.43 Å². The molecule has 0 saturated carbocycles. The van der Waals surface area contributed by atoms with Gasteiger partial charge in [0.05, 0.1) is 0 Å². The third-order valence-corrected chi connectivity index (χ3v) is 2.39. The van der Waals surface area contributed by atoms with Gasteiger partial charge in [0.1, 0.15) is 0 Å². The lowest BCUT2D eigenvalue weighted by atomic mass is 10.1. The van der Waals surface area contributed by atoms with Gasteiger partial charge >= 0.3 is 0 Å². The summed E-state index contributed by atoms with van der Waals surface area (Å²) in [6.45, 7) is 0.144. The quantitative estimate of drug-likeness (QED) is 0.821. The van der Waals surface area contributed by atoms with Crippen LogP contribution >= 0.6 is 0 Å². The Labute approximate surface area is 93.1 Å². The highest BCUT2D eigenvalue weighted by Crippen LogP contribution is 2.11. The van der Waals surface area contributed by atoms with Crippen molar-refractivity contribution in [2.75, 3.05) is 6.61 Å². The number of rotatable bonds is 3. The Hall–Kier alpha value is -1.87. The van der Waals surface area contributed by atoms with Gasteiger partial charge in [0.15, 0.2) is 5.43 Å². The lowest BCUT2D eigenvalue weighted by Crippen LogP contribution is -1.99. The van der Waals surface area contributed by atoms with Crippen molar-refractivity contribution in [3.8, 4) is 0 Å². The molecule has 16 heavy (non-hydrogen) atoms. The zero-order chi connectivity index (χ0) is 11.4. The number of aromatic nitrogens is 1. The molecule has 1 aromatic carbocycles. The SMILES string of the molecule is O=c1cc[nH]c2ccc(C=CCCO)cc12. The van der Waals surface area contributed by atoms with Gasteiger partial charge in [-0.25, -0.2) is 0 Å². The van der Waals surface area contributed by atoms with Gasteiger partial charge in [-0.1, -0.05) is 18.2 Å². The van der Waals surface area contributed by atoms with E-state index in [1.165, 1.54) is 6.07 Å². The second kappa shape index (κ2) is 4.77. The van der Waals surface area contributed by atoms with Crippen molar-refractivity contribution in [1.29, 1.82) is 0 Å². The van der Waals surface area contributed by atoms with E-state index in [2.05, 4.69) is 4.98 Å². The van der Waals surface area contributed by atoms with Gasteiger partial charge < -0.3 is 10.1 Å². The molecule has 0 radical (unpaired) electrons. The molecule has 0 aliphatic carbocycles. The number of aliphatic hydroxyl groups excluding tert-OH is 1. The first-order chi connectivity index (χ1) is 7.81. The van der Waals surface area contributed by atoms with E-state index in [9.17, 15) is 4.79 Å². The largest absolute Gasteiger partial charge is 0.396 e. The number of fused-ring (bicyclic) bond motifs is 1. The van der Waals surface area contributed by atoms with E-state index in [4.69, 9.17) is 5.11 Å². The molecule has 0 bridgehead atoms. The Balaban J connectivity index is 2.43. The molecule has 1 aromatic heterocycles. The number of H-pyrrole nitrogens is 1. The lowest BCUT2D eigenvalue weighted by Gasteiger charge is -1.98. The number of hydrogen-bond acceptors (Lipinski definition) is 2. The minimum absolute atomic E-state index is 0.0196. The van der Waals surface area contributed by atoms with E-state index >= 15 is 0 Å². The lowest BCUT2D eigenvalue weighted by molar-refractivity contribution is 0.303. The van der Waals surface area contributed by atoms with Gasteiger partial charge in [-0.3, -0.25) is 4.79 Å². The number of nitrogens with one attached hydrogen (secondary N) is 1. The van der Waals surface area contributed by atoms with Crippen LogP contribution in [-0.4, -0.2) is 16.7 Å². The summed E-state index contributed by atoms with van der Waals surface area (Å²) < 4.78 is 0. The molecule has 0 fully saturated rings. The maximum absolute atomic E-state index is 11.6. The molecular weight excluding hydrogens is 202 g/mol. The van der Waals surface area contributed by atoms with Crippen LogP contribution in [-0.2, 0) is 0 Å². The Kier molecular flexibility index (Phi) is 3.17. The first-order valence-electron chi connectivity index (χ1n) is 5.20. The molecule has 1 heterocycles. The monoisotopic (exact) mass is 215 g/mol. The van der Waals surface area contributed by atoms with Gasteiger partial charge in [-0.05, 0) is 24.1 Å². The zero-order valence-corrected chi connectivity index (χ0v) is 8.81. The number of aliphatic hydroxyl groups is 1. The summed E-state index contributed by atoms with van der Waals surface area (Å²) in [6, 6.07) is 7.19. The van der Waals surface area contributed by atoms with E-state index in [1.807, 2.05) is 30.4 Å². The van der Waals surface area contributed by atoms with Crippen LogP contribution in [0.2, 0.25) is 0 Å². The summed E-state index contributed by atoms with van der Waals surface area (Å²) in [5.41, 5.74) is 1.83. The summed E-state index contributed by atoms with van der Waals surface area (Å²) in [6.07, 6.45) is 6.07. The number of aromatic amines is 1. The van der Waals surface area contributed by atoms with Crippen molar-refractivity contribution in [2.45, 2.75) is 6.42 Å². The normalized spacial score (nSPS) is 11.3. The summed E-state index contributed by atoms with van der Waals surface area (Å²) >= 11 is 0. The van der Waals surface area contributed by atoms with Crippen molar-refractivity contribution >= 4 is 17.0 Å². The smallest absolute Gasteiger partial charge is 0.189 e. The van der Waals surface area contributed by atoms with Gasteiger partial charge in [-0.2, -0.15) is 0 Å². The van der Waals surface area contributed by atoms with Crippen molar-refractivity contribution < 1.29 is 5.11 Å². The van der Waals surface area contributed by atoms with E-state index < -0.39 is 0 Å². The third kappa shape index (κ3) is 2.20. The maximum atomic E-state index is 11.6. The van der Waals surface area contributed by atoms with Crippen LogP contribution in [0.4, 0.5) is 0 Å². The topological polar surface area (TPSA) is 53.1 Å². The molecular formula is C13H13NO2. The van der Waals surface area contributed by atoms with Crippen molar-refractivity contribution in [2.24, 2.45) is 0 Å². The molecule has 2 rings (SSSR count). The van der Waals surface area contributed by atoms with Crippen molar-refractivity contribution in [3.05, 3.63) is 52.3 Å². The molecule has 0 spiro atoms. The molecule has 82 valence electrons. The highest BCUT2D eigenvalue weighted by Gasteiger charge is 1.97. The van der Waals surface area contributed by atoms with Crippen LogP contribution in [0.5, 0.6) is 0 Å². The molecule has 0 amide bonds. The molecule has 0 unspecified atom stereocenters. The highest BCUT2D eigenvalue weighted by molar-refractivity contribution is 5.80. The van der Waals surface area contributed by atoms with Crippen LogP contribution in [0.3, 0.4) is 0 Å². The van der Waals surface area contributed by atoms with Gasteiger partial charge in [0.2, 0.25) is 0 Å². The van der Waals surface area contributed by atoms with Crippen molar-refractivity contribution in [3.63, 3.8) is 0 Å². The van der Waals surface area contributed by atoms with Crippen LogP contribution in [0, 0.1) is 0 Å². The molecule has 2 N–H and O–H groups in total. The van der Waals surface area contributed by atoms with Crippen molar-refractivity contribution in [1.82, 2.24) is 4.98 Å². The van der Waals surface area contributed by atoms with Crippen LogP contribution in [0.15, 0.2) is 41.3 Å². The van der Waals surface area contributed by atoms with E-state index in [0.717, 1.165) is 11.1 Å². The third-order valence-electron chi connectivity index (χ3n) is 2.39. The molecule has 0 atom stereocenters. The molecule has 0 saturated heterocycles. The van der Waals surface area contributed by atoms with E-state index in [-0.39, 0.29) is 12.0 Å². The molecule has 2 aromatic rings.